The van der Waals surface area contributed by atoms with Crippen LogP contribution in [0, 0.1) is 0 Å². The number of H-pyrrole nitrogens is 1. The van der Waals surface area contributed by atoms with E-state index in [4.69, 9.17) is 10.8 Å². The van der Waals surface area contributed by atoms with Crippen molar-refractivity contribution in [3.05, 3.63) is 16.7 Å². The van der Waals surface area contributed by atoms with Gasteiger partial charge in [-0.1, -0.05) is 0 Å². The number of carboxylic acid groups (broad SMARTS) is 1. The molecule has 0 spiro atoms. The summed E-state index contributed by atoms with van der Waals surface area (Å²) in [4.78, 5) is 32.1. The molecular formula is C9H11N5O3. The molecule has 2 rings (SSSR count). The molecule has 0 unspecified atom stereocenters. The maximum absolute atomic E-state index is 11.4. The van der Waals surface area contributed by atoms with Crippen LogP contribution in [0.25, 0.3) is 11.2 Å². The molecule has 0 aliphatic carbocycles. The molecule has 0 bridgehead atoms. The summed E-state index contributed by atoms with van der Waals surface area (Å²) < 4.78 is 1.61. The summed E-state index contributed by atoms with van der Waals surface area (Å²) >= 11 is 0. The zero-order valence-electron chi connectivity index (χ0n) is 8.88. The SMILES string of the molecule is Nc1nc2c(ncn2CCCC(=O)O)c(=O)[nH]1. The molecule has 2 aromatic rings. The van der Waals surface area contributed by atoms with Gasteiger partial charge < -0.3 is 15.4 Å². The number of carboxylic acids is 1. The molecular weight excluding hydrogens is 226 g/mol. The molecule has 2 aromatic heterocycles. The van der Waals surface area contributed by atoms with E-state index in [0.717, 1.165) is 0 Å². The number of rotatable bonds is 4. The summed E-state index contributed by atoms with van der Waals surface area (Å²) in [5.74, 6) is -0.845. The van der Waals surface area contributed by atoms with Crippen molar-refractivity contribution in [3.8, 4) is 0 Å². The van der Waals surface area contributed by atoms with Gasteiger partial charge >= 0.3 is 5.97 Å². The highest BCUT2D eigenvalue weighted by atomic mass is 16.4. The lowest BCUT2D eigenvalue weighted by atomic mass is 10.3. The van der Waals surface area contributed by atoms with Crippen molar-refractivity contribution in [2.75, 3.05) is 5.73 Å². The molecule has 17 heavy (non-hydrogen) atoms. The van der Waals surface area contributed by atoms with Gasteiger partial charge in [0, 0.05) is 13.0 Å². The predicted octanol–water partition coefficient (Wildman–Crippen LogP) is -0.433. The van der Waals surface area contributed by atoms with Crippen LogP contribution in [-0.2, 0) is 11.3 Å². The second-order valence-electron chi connectivity index (χ2n) is 3.56. The minimum absolute atomic E-state index is 0.0162. The summed E-state index contributed by atoms with van der Waals surface area (Å²) in [5, 5.41) is 8.53. The number of nitrogens with zero attached hydrogens (tertiary/aromatic N) is 3. The lowest BCUT2D eigenvalue weighted by Gasteiger charge is -2.01. The van der Waals surface area contributed by atoms with E-state index in [1.54, 1.807) is 4.57 Å². The Morgan fingerprint density at radius 1 is 1.59 bits per heavy atom. The van der Waals surface area contributed by atoms with E-state index in [0.29, 0.717) is 18.6 Å². The molecule has 0 amide bonds. The van der Waals surface area contributed by atoms with E-state index in [1.807, 2.05) is 0 Å². The van der Waals surface area contributed by atoms with Crippen LogP contribution in [0.2, 0.25) is 0 Å². The van der Waals surface area contributed by atoms with Crippen LogP contribution in [0.5, 0.6) is 0 Å². The minimum Gasteiger partial charge on any atom is -0.481 e. The second-order valence-corrected chi connectivity index (χ2v) is 3.56. The van der Waals surface area contributed by atoms with E-state index < -0.39 is 11.5 Å². The largest absolute Gasteiger partial charge is 0.481 e. The van der Waals surface area contributed by atoms with Crippen LogP contribution in [0.4, 0.5) is 5.95 Å². The van der Waals surface area contributed by atoms with E-state index in [1.165, 1.54) is 6.33 Å². The van der Waals surface area contributed by atoms with Gasteiger partial charge in [-0.3, -0.25) is 14.6 Å². The number of aliphatic carboxylic acids is 1. The number of anilines is 1. The molecule has 90 valence electrons. The fourth-order valence-corrected chi connectivity index (χ4v) is 1.54. The quantitative estimate of drug-likeness (QED) is 0.661. The van der Waals surface area contributed by atoms with Crippen LogP contribution >= 0.6 is 0 Å². The summed E-state index contributed by atoms with van der Waals surface area (Å²) in [6, 6.07) is 0. The smallest absolute Gasteiger partial charge is 0.303 e. The topological polar surface area (TPSA) is 127 Å². The average Bonchev–Trinajstić information content (AvgIpc) is 2.61. The molecule has 0 saturated carbocycles. The molecule has 0 fully saturated rings. The Labute approximate surface area is 95.1 Å². The first-order valence-electron chi connectivity index (χ1n) is 5.00. The second kappa shape index (κ2) is 4.24. The Bertz CT molecular complexity index is 615. The molecule has 4 N–H and O–H groups in total. The van der Waals surface area contributed by atoms with E-state index >= 15 is 0 Å². The number of imidazole rings is 1. The minimum atomic E-state index is -0.861. The molecule has 2 heterocycles. The molecule has 8 nitrogen and oxygen atoms in total. The number of carbonyl (C=O) groups is 1. The maximum Gasteiger partial charge on any atom is 0.303 e. The Hall–Kier alpha value is -2.38. The number of nitrogens with two attached hydrogens (primary N) is 1. The number of hydrogen-bond donors (Lipinski definition) is 3. The van der Waals surface area contributed by atoms with Crippen LogP contribution < -0.4 is 11.3 Å². The van der Waals surface area contributed by atoms with Crippen LogP contribution in [-0.4, -0.2) is 30.6 Å². The van der Waals surface area contributed by atoms with Gasteiger partial charge in [-0.2, -0.15) is 4.98 Å². The normalized spacial score (nSPS) is 10.8. The third kappa shape index (κ3) is 2.25. The molecule has 0 aliphatic heterocycles. The van der Waals surface area contributed by atoms with Crippen molar-refractivity contribution in [2.24, 2.45) is 0 Å². The Morgan fingerprint density at radius 2 is 2.35 bits per heavy atom. The third-order valence-electron chi connectivity index (χ3n) is 2.28. The first-order chi connectivity index (χ1) is 8.08. The molecule has 0 aromatic carbocycles. The van der Waals surface area contributed by atoms with Gasteiger partial charge in [0.05, 0.1) is 6.33 Å². The summed E-state index contributed by atoms with van der Waals surface area (Å²) in [6.07, 6.45) is 1.95. The summed E-state index contributed by atoms with van der Waals surface area (Å²) in [5.41, 5.74) is 5.60. The van der Waals surface area contributed by atoms with E-state index in [9.17, 15) is 9.59 Å². The van der Waals surface area contributed by atoms with Crippen molar-refractivity contribution < 1.29 is 9.90 Å². The summed E-state index contributed by atoms with van der Waals surface area (Å²) in [7, 11) is 0. The number of nitrogens with one attached hydrogen (secondary N) is 1. The number of aromatic amines is 1. The van der Waals surface area contributed by atoms with Crippen molar-refractivity contribution in [1.82, 2.24) is 19.5 Å². The van der Waals surface area contributed by atoms with Gasteiger partial charge in [0.1, 0.15) is 0 Å². The van der Waals surface area contributed by atoms with Crippen LogP contribution in [0.1, 0.15) is 12.8 Å². The lowest BCUT2D eigenvalue weighted by Crippen LogP contribution is -2.12. The fraction of sp³-hybridized carbons (Fsp3) is 0.333. The summed E-state index contributed by atoms with van der Waals surface area (Å²) in [6.45, 7) is 0.429. The fourth-order valence-electron chi connectivity index (χ4n) is 1.54. The highest BCUT2D eigenvalue weighted by Gasteiger charge is 2.09. The lowest BCUT2D eigenvalue weighted by molar-refractivity contribution is -0.137. The Morgan fingerprint density at radius 3 is 3.06 bits per heavy atom. The zero-order chi connectivity index (χ0) is 12.4. The molecule has 8 heteroatoms. The number of aromatic nitrogens is 4. The maximum atomic E-state index is 11.4. The molecule has 0 radical (unpaired) electrons. The van der Waals surface area contributed by atoms with Crippen molar-refractivity contribution in [1.29, 1.82) is 0 Å². The highest BCUT2D eigenvalue weighted by Crippen LogP contribution is 2.07. The van der Waals surface area contributed by atoms with E-state index in [2.05, 4.69) is 15.0 Å². The molecule has 0 saturated heterocycles. The van der Waals surface area contributed by atoms with Gasteiger partial charge in [-0.15, -0.1) is 0 Å². The van der Waals surface area contributed by atoms with Crippen molar-refractivity contribution in [2.45, 2.75) is 19.4 Å². The molecule has 0 aliphatic rings. The van der Waals surface area contributed by atoms with Crippen LogP contribution in [0.15, 0.2) is 11.1 Å². The number of fused-ring (bicyclic) bond motifs is 1. The number of aryl methyl sites for hydroxylation is 1. The van der Waals surface area contributed by atoms with Crippen LogP contribution in [0.3, 0.4) is 0 Å². The zero-order valence-corrected chi connectivity index (χ0v) is 8.88. The first kappa shape index (κ1) is 11.1. The van der Waals surface area contributed by atoms with Gasteiger partial charge in [0.2, 0.25) is 5.95 Å². The van der Waals surface area contributed by atoms with Gasteiger partial charge in [-0.05, 0) is 6.42 Å². The Balaban J connectivity index is 2.29. The third-order valence-corrected chi connectivity index (χ3v) is 2.28. The monoisotopic (exact) mass is 237 g/mol. The van der Waals surface area contributed by atoms with E-state index in [-0.39, 0.29) is 17.9 Å². The molecule has 0 atom stereocenters. The van der Waals surface area contributed by atoms with Gasteiger partial charge in [-0.25, -0.2) is 4.98 Å². The number of nitrogen functional groups attached to an aromatic ring is 1. The van der Waals surface area contributed by atoms with Gasteiger partial charge in [0.15, 0.2) is 11.2 Å². The highest BCUT2D eigenvalue weighted by molar-refractivity contribution is 5.70. The predicted molar refractivity (Wildman–Crippen MR) is 59.4 cm³/mol. The van der Waals surface area contributed by atoms with Crippen molar-refractivity contribution >= 4 is 23.1 Å². The standard InChI is InChI=1S/C9H11N5O3/c10-9-12-7-6(8(17)13-9)11-4-14(7)3-1-2-5(15)16/h4H,1-3H2,(H,15,16)(H3,10,12,13,17). The van der Waals surface area contributed by atoms with Gasteiger partial charge in [0.25, 0.3) is 5.56 Å². The Kier molecular flexibility index (Phi) is 2.77. The first-order valence-corrected chi connectivity index (χ1v) is 5.00. The number of hydrogen-bond acceptors (Lipinski definition) is 5. The average molecular weight is 237 g/mol. The van der Waals surface area contributed by atoms with Crippen molar-refractivity contribution in [3.63, 3.8) is 0 Å².